The van der Waals surface area contributed by atoms with Crippen LogP contribution in [0.3, 0.4) is 0 Å². The third kappa shape index (κ3) is 4.58. The third-order valence-corrected chi connectivity index (χ3v) is 5.21. The second-order valence-corrected chi connectivity index (χ2v) is 7.05. The largest absolute Gasteiger partial charge is 0.352 e. The first kappa shape index (κ1) is 20.1. The van der Waals surface area contributed by atoms with Gasteiger partial charge in [-0.3, -0.25) is 4.79 Å². The lowest BCUT2D eigenvalue weighted by molar-refractivity contribution is 0.0945. The van der Waals surface area contributed by atoms with Gasteiger partial charge in [0.15, 0.2) is 0 Å². The molecule has 2 N–H and O–H groups in total. The minimum Gasteiger partial charge on any atom is -0.352 e. The van der Waals surface area contributed by atoms with Crippen LogP contribution in [0.5, 0.6) is 0 Å². The summed E-state index contributed by atoms with van der Waals surface area (Å²) >= 11 is 0. The van der Waals surface area contributed by atoms with E-state index in [2.05, 4.69) is 15.3 Å². The standard InChI is InChI=1S/C21H22FN3O.C2H6/c22-17-8-4-7-15(9-17)16-10-18-19(13-24-20(18)23-12-16)21(26)25-11-14-5-2-1-3-6-14;1-2/h4,7-10,12-14H,1-3,5-6,11H2,(H,23,24)(H,25,26);1-2H3. The summed E-state index contributed by atoms with van der Waals surface area (Å²) in [6.45, 7) is 4.72. The fraction of sp³-hybridized carbons (Fsp3) is 0.391. The summed E-state index contributed by atoms with van der Waals surface area (Å²) in [4.78, 5) is 20.1. The van der Waals surface area contributed by atoms with Crippen LogP contribution in [-0.4, -0.2) is 22.4 Å². The molecule has 1 saturated carbocycles. The van der Waals surface area contributed by atoms with Crippen molar-refractivity contribution in [1.82, 2.24) is 15.3 Å². The number of nitrogens with one attached hydrogen (secondary N) is 2. The Labute approximate surface area is 165 Å². The molecule has 148 valence electrons. The zero-order valence-electron chi connectivity index (χ0n) is 16.6. The molecule has 5 heteroatoms. The van der Waals surface area contributed by atoms with E-state index in [0.717, 1.165) is 23.1 Å². The molecule has 3 aromatic rings. The number of aromatic amines is 1. The summed E-state index contributed by atoms with van der Waals surface area (Å²) in [7, 11) is 0. The molecule has 1 amide bonds. The minimum absolute atomic E-state index is 0.0833. The summed E-state index contributed by atoms with van der Waals surface area (Å²) < 4.78 is 13.5. The van der Waals surface area contributed by atoms with Gasteiger partial charge in [-0.25, -0.2) is 9.37 Å². The molecule has 1 aliphatic rings. The van der Waals surface area contributed by atoms with Gasteiger partial charge in [-0.05, 0) is 42.5 Å². The molecular weight excluding hydrogens is 353 g/mol. The van der Waals surface area contributed by atoms with E-state index in [1.807, 2.05) is 26.0 Å². The Balaban J connectivity index is 0.00000109. The van der Waals surface area contributed by atoms with E-state index in [9.17, 15) is 9.18 Å². The lowest BCUT2D eigenvalue weighted by atomic mass is 9.89. The Hall–Kier alpha value is -2.69. The summed E-state index contributed by atoms with van der Waals surface area (Å²) in [5.41, 5.74) is 2.78. The fourth-order valence-electron chi connectivity index (χ4n) is 3.74. The van der Waals surface area contributed by atoms with Gasteiger partial charge in [0.05, 0.1) is 5.56 Å². The van der Waals surface area contributed by atoms with Gasteiger partial charge in [-0.15, -0.1) is 0 Å². The molecule has 0 bridgehead atoms. The molecule has 1 fully saturated rings. The summed E-state index contributed by atoms with van der Waals surface area (Å²) in [6, 6.07) is 8.28. The van der Waals surface area contributed by atoms with E-state index in [4.69, 9.17) is 0 Å². The average molecular weight is 381 g/mol. The molecule has 4 rings (SSSR count). The smallest absolute Gasteiger partial charge is 0.253 e. The topological polar surface area (TPSA) is 57.8 Å². The van der Waals surface area contributed by atoms with Crippen LogP contribution in [0.1, 0.15) is 56.3 Å². The Kier molecular flexibility index (Phi) is 6.80. The van der Waals surface area contributed by atoms with Gasteiger partial charge in [0.1, 0.15) is 11.5 Å². The van der Waals surface area contributed by atoms with Crippen molar-refractivity contribution in [2.75, 3.05) is 6.54 Å². The molecule has 2 aromatic heterocycles. The molecule has 28 heavy (non-hydrogen) atoms. The van der Waals surface area contributed by atoms with E-state index in [0.29, 0.717) is 17.1 Å². The van der Waals surface area contributed by atoms with Gasteiger partial charge < -0.3 is 10.3 Å². The normalized spacial score (nSPS) is 14.4. The minimum atomic E-state index is -0.290. The van der Waals surface area contributed by atoms with E-state index in [-0.39, 0.29) is 11.7 Å². The van der Waals surface area contributed by atoms with Crippen molar-refractivity contribution in [3.05, 3.63) is 54.1 Å². The first-order valence-corrected chi connectivity index (χ1v) is 10.2. The van der Waals surface area contributed by atoms with Gasteiger partial charge in [0, 0.05) is 29.9 Å². The molecule has 0 spiro atoms. The van der Waals surface area contributed by atoms with Gasteiger partial charge in [-0.1, -0.05) is 45.2 Å². The monoisotopic (exact) mass is 381 g/mol. The van der Waals surface area contributed by atoms with Crippen LogP contribution < -0.4 is 5.32 Å². The van der Waals surface area contributed by atoms with E-state index < -0.39 is 0 Å². The van der Waals surface area contributed by atoms with Crippen molar-refractivity contribution in [3.8, 4) is 11.1 Å². The van der Waals surface area contributed by atoms with E-state index in [1.165, 1.54) is 44.2 Å². The van der Waals surface area contributed by atoms with Crippen molar-refractivity contribution >= 4 is 16.9 Å². The van der Waals surface area contributed by atoms with Crippen molar-refractivity contribution in [3.63, 3.8) is 0 Å². The van der Waals surface area contributed by atoms with Gasteiger partial charge in [0.25, 0.3) is 5.91 Å². The SMILES string of the molecule is CC.O=C(NCC1CCCCC1)c1c[nH]c2ncc(-c3cccc(F)c3)cc12. The number of benzene rings is 1. The Morgan fingerprint density at radius 2 is 1.96 bits per heavy atom. The van der Waals surface area contributed by atoms with Crippen LogP contribution in [0.2, 0.25) is 0 Å². The highest BCUT2D eigenvalue weighted by atomic mass is 19.1. The fourth-order valence-corrected chi connectivity index (χ4v) is 3.74. The Bertz CT molecular complexity index is 928. The predicted octanol–water partition coefficient (Wildman–Crippen LogP) is 5.71. The number of pyridine rings is 1. The molecule has 0 atom stereocenters. The second kappa shape index (κ2) is 9.49. The number of halogens is 1. The quantitative estimate of drug-likeness (QED) is 0.608. The third-order valence-electron chi connectivity index (χ3n) is 5.21. The highest BCUT2D eigenvalue weighted by molar-refractivity contribution is 6.06. The molecule has 0 unspecified atom stereocenters. The first-order chi connectivity index (χ1) is 13.7. The van der Waals surface area contributed by atoms with Gasteiger partial charge >= 0.3 is 0 Å². The number of hydrogen-bond donors (Lipinski definition) is 2. The van der Waals surface area contributed by atoms with Crippen LogP contribution >= 0.6 is 0 Å². The highest BCUT2D eigenvalue weighted by Crippen LogP contribution is 2.26. The zero-order chi connectivity index (χ0) is 19.9. The maximum atomic E-state index is 13.5. The number of carbonyl (C=O) groups is 1. The van der Waals surface area contributed by atoms with Crippen LogP contribution in [0.25, 0.3) is 22.2 Å². The number of nitrogens with zero attached hydrogens (tertiary/aromatic N) is 1. The number of amides is 1. The number of aromatic nitrogens is 2. The molecule has 1 aromatic carbocycles. The molecule has 0 radical (unpaired) electrons. The molecule has 0 aliphatic heterocycles. The summed E-state index contributed by atoms with van der Waals surface area (Å²) in [5, 5.41) is 3.83. The number of fused-ring (bicyclic) bond motifs is 1. The predicted molar refractivity (Wildman–Crippen MR) is 112 cm³/mol. The van der Waals surface area contributed by atoms with Crippen molar-refractivity contribution in [2.45, 2.75) is 46.0 Å². The van der Waals surface area contributed by atoms with Crippen molar-refractivity contribution in [2.24, 2.45) is 5.92 Å². The van der Waals surface area contributed by atoms with E-state index >= 15 is 0 Å². The lowest BCUT2D eigenvalue weighted by Crippen LogP contribution is -2.30. The maximum absolute atomic E-state index is 13.5. The lowest BCUT2D eigenvalue weighted by Gasteiger charge is -2.21. The Morgan fingerprint density at radius 1 is 1.18 bits per heavy atom. The highest BCUT2D eigenvalue weighted by Gasteiger charge is 2.17. The maximum Gasteiger partial charge on any atom is 0.253 e. The summed E-state index contributed by atoms with van der Waals surface area (Å²) in [5.74, 6) is 0.209. The number of hydrogen-bond acceptors (Lipinski definition) is 2. The molecule has 0 saturated heterocycles. The molecule has 4 nitrogen and oxygen atoms in total. The molecular formula is C23H28FN3O. The number of carbonyl (C=O) groups excluding carboxylic acids is 1. The molecule has 1 aliphatic carbocycles. The second-order valence-electron chi connectivity index (χ2n) is 7.05. The van der Waals surface area contributed by atoms with Gasteiger partial charge in [0.2, 0.25) is 0 Å². The van der Waals surface area contributed by atoms with E-state index in [1.54, 1.807) is 18.5 Å². The number of rotatable bonds is 4. The van der Waals surface area contributed by atoms with Crippen LogP contribution in [-0.2, 0) is 0 Å². The van der Waals surface area contributed by atoms with Crippen LogP contribution in [0, 0.1) is 11.7 Å². The summed E-state index contributed by atoms with van der Waals surface area (Å²) in [6.07, 6.45) is 9.60. The number of H-pyrrole nitrogens is 1. The zero-order valence-corrected chi connectivity index (χ0v) is 16.6. The van der Waals surface area contributed by atoms with Crippen molar-refractivity contribution < 1.29 is 9.18 Å². The average Bonchev–Trinajstić information content (AvgIpc) is 3.17. The Morgan fingerprint density at radius 3 is 2.71 bits per heavy atom. The van der Waals surface area contributed by atoms with Gasteiger partial charge in [-0.2, -0.15) is 0 Å². The van der Waals surface area contributed by atoms with Crippen molar-refractivity contribution in [1.29, 1.82) is 0 Å². The first-order valence-electron chi connectivity index (χ1n) is 10.2. The molecule has 2 heterocycles. The van der Waals surface area contributed by atoms with Crippen LogP contribution in [0.4, 0.5) is 4.39 Å². The van der Waals surface area contributed by atoms with Crippen LogP contribution in [0.15, 0.2) is 42.7 Å².